The summed E-state index contributed by atoms with van der Waals surface area (Å²) in [6.07, 6.45) is 2.86. The van der Waals surface area contributed by atoms with Gasteiger partial charge < -0.3 is 0 Å². The Morgan fingerprint density at radius 3 is 2.20 bits per heavy atom. The first-order valence-corrected chi connectivity index (χ1v) is 8.42. The van der Waals surface area contributed by atoms with Gasteiger partial charge in [0, 0.05) is 17.8 Å². The first kappa shape index (κ1) is 10.9. The highest BCUT2D eigenvalue weighted by Crippen LogP contribution is 2.26. The molecular weight excluding hydrogens is 256 g/mol. The summed E-state index contributed by atoms with van der Waals surface area (Å²) in [5, 5.41) is 3.13. The van der Waals surface area contributed by atoms with Crippen LogP contribution >= 0.6 is 10.5 Å². The fourth-order valence-electron chi connectivity index (χ4n) is 1.17. The van der Waals surface area contributed by atoms with Crippen LogP contribution in [0.3, 0.4) is 0 Å². The molecule has 84 valence electrons. The lowest BCUT2D eigenvalue weighted by Gasteiger charge is -2.22. The standard InChI is InChI=1S/C7H10N2O3S3/c1-13-4-2-8(6-13)15(11,12)9-3-5-14(10)7-9/h2-5H,1,6-7H2. The second-order valence-electron chi connectivity index (χ2n) is 3.03. The summed E-state index contributed by atoms with van der Waals surface area (Å²) in [5.74, 6) is 4.17. The highest BCUT2D eigenvalue weighted by atomic mass is 32.2. The molecule has 2 atom stereocenters. The van der Waals surface area contributed by atoms with Crippen molar-refractivity contribution >= 4 is 37.4 Å². The van der Waals surface area contributed by atoms with Crippen molar-refractivity contribution in [2.24, 2.45) is 0 Å². The van der Waals surface area contributed by atoms with Gasteiger partial charge in [-0.3, -0.25) is 8.51 Å². The van der Waals surface area contributed by atoms with E-state index >= 15 is 0 Å². The minimum Gasteiger partial charge on any atom is -0.253 e. The van der Waals surface area contributed by atoms with E-state index in [-0.39, 0.29) is 16.4 Å². The molecule has 2 aliphatic heterocycles. The molecule has 0 saturated carbocycles. The van der Waals surface area contributed by atoms with E-state index in [4.69, 9.17) is 0 Å². The van der Waals surface area contributed by atoms with Gasteiger partial charge >= 0.3 is 10.2 Å². The first-order chi connectivity index (χ1) is 7.00. The molecule has 2 heterocycles. The number of nitrogens with zero attached hydrogens (tertiary/aromatic N) is 2. The van der Waals surface area contributed by atoms with Crippen LogP contribution in [0.1, 0.15) is 0 Å². The zero-order valence-corrected chi connectivity index (χ0v) is 10.2. The molecule has 0 aromatic heterocycles. The van der Waals surface area contributed by atoms with Gasteiger partial charge in [-0.05, 0) is 5.41 Å². The van der Waals surface area contributed by atoms with Crippen molar-refractivity contribution in [3.8, 4) is 0 Å². The largest absolute Gasteiger partial charge is 0.327 e. The maximum Gasteiger partial charge on any atom is 0.327 e. The van der Waals surface area contributed by atoms with Crippen LogP contribution in [-0.2, 0) is 21.0 Å². The third-order valence-electron chi connectivity index (χ3n) is 1.94. The van der Waals surface area contributed by atoms with Gasteiger partial charge in [0.05, 0.1) is 16.7 Å². The Bertz CT molecular complexity index is 442. The Hall–Kier alpha value is -0.600. The molecule has 0 fully saturated rings. The van der Waals surface area contributed by atoms with Crippen LogP contribution in [0.25, 0.3) is 0 Å². The van der Waals surface area contributed by atoms with E-state index in [0.29, 0.717) is 5.88 Å². The quantitative estimate of drug-likeness (QED) is 0.669. The van der Waals surface area contributed by atoms with Crippen LogP contribution in [0, 0.1) is 0 Å². The lowest BCUT2D eigenvalue weighted by atomic mass is 11.0. The number of hydrogen-bond acceptors (Lipinski definition) is 3. The SMILES string of the molecule is C=S1C=CN(S(=O)(=O)N2C=CS(=O)C2)C1. The first-order valence-electron chi connectivity index (χ1n) is 4.02. The molecule has 15 heavy (non-hydrogen) atoms. The molecular formula is C7H10N2O3S3. The van der Waals surface area contributed by atoms with Gasteiger partial charge in [0.2, 0.25) is 0 Å². The predicted molar refractivity (Wildman–Crippen MR) is 63.5 cm³/mol. The van der Waals surface area contributed by atoms with Gasteiger partial charge in [0.25, 0.3) is 0 Å². The fraction of sp³-hybridized carbons (Fsp3) is 0.286. The van der Waals surface area contributed by atoms with E-state index in [1.807, 2.05) is 0 Å². The summed E-state index contributed by atoms with van der Waals surface area (Å²) in [6, 6.07) is 0. The molecule has 2 unspecified atom stereocenters. The van der Waals surface area contributed by atoms with E-state index in [1.165, 1.54) is 22.1 Å². The minimum atomic E-state index is -3.54. The Balaban J connectivity index is 2.21. The fourth-order valence-corrected chi connectivity index (χ4v) is 5.33. The van der Waals surface area contributed by atoms with Crippen molar-refractivity contribution in [3.05, 3.63) is 23.2 Å². The van der Waals surface area contributed by atoms with Gasteiger partial charge in [-0.1, -0.05) is 5.87 Å². The summed E-state index contributed by atoms with van der Waals surface area (Å²) < 4.78 is 37.2. The Kier molecular flexibility index (Phi) is 2.73. The highest BCUT2D eigenvalue weighted by molar-refractivity contribution is 8.17. The summed E-state index contributed by atoms with van der Waals surface area (Å²) in [4.78, 5) is 0. The summed E-state index contributed by atoms with van der Waals surface area (Å²) in [6.45, 7) is 0. The predicted octanol–water partition coefficient (Wildman–Crippen LogP) is 0.169. The van der Waals surface area contributed by atoms with Gasteiger partial charge in [-0.15, -0.1) is 10.5 Å². The molecule has 2 aliphatic rings. The summed E-state index contributed by atoms with van der Waals surface area (Å²) >= 11 is 0. The van der Waals surface area contributed by atoms with E-state index in [0.717, 1.165) is 4.31 Å². The zero-order chi connectivity index (χ0) is 11.1. The van der Waals surface area contributed by atoms with Crippen LogP contribution < -0.4 is 0 Å². The zero-order valence-electron chi connectivity index (χ0n) is 7.77. The maximum atomic E-state index is 11.9. The second kappa shape index (κ2) is 3.76. The third-order valence-corrected chi connectivity index (χ3v) is 6.03. The average Bonchev–Trinajstić information content (AvgIpc) is 2.74. The van der Waals surface area contributed by atoms with Crippen LogP contribution in [0.2, 0.25) is 0 Å². The molecule has 0 radical (unpaired) electrons. The van der Waals surface area contributed by atoms with Crippen molar-refractivity contribution in [1.29, 1.82) is 0 Å². The highest BCUT2D eigenvalue weighted by Gasteiger charge is 2.30. The topological polar surface area (TPSA) is 57.7 Å². The summed E-state index contributed by atoms with van der Waals surface area (Å²) in [5.41, 5.74) is 0. The molecule has 0 N–H and O–H groups in total. The lowest BCUT2D eigenvalue weighted by molar-refractivity contribution is 0.474. The van der Waals surface area contributed by atoms with Gasteiger partial charge in [0.15, 0.2) is 0 Å². The lowest BCUT2D eigenvalue weighted by Crippen LogP contribution is -2.36. The number of rotatable bonds is 2. The number of hydrogen-bond donors (Lipinski definition) is 0. The van der Waals surface area contributed by atoms with Crippen LogP contribution in [0.5, 0.6) is 0 Å². The Labute approximate surface area is 93.6 Å². The molecule has 0 amide bonds. The molecule has 0 aromatic rings. The van der Waals surface area contributed by atoms with Crippen LogP contribution in [0.15, 0.2) is 23.2 Å². The van der Waals surface area contributed by atoms with Crippen molar-refractivity contribution in [3.63, 3.8) is 0 Å². The van der Waals surface area contributed by atoms with E-state index in [1.54, 1.807) is 5.41 Å². The molecule has 0 aliphatic carbocycles. The molecule has 2 rings (SSSR count). The molecule has 5 nitrogen and oxygen atoms in total. The van der Waals surface area contributed by atoms with E-state index < -0.39 is 21.0 Å². The van der Waals surface area contributed by atoms with Gasteiger partial charge in [-0.25, -0.2) is 4.31 Å². The van der Waals surface area contributed by atoms with Crippen LogP contribution in [0.4, 0.5) is 0 Å². The summed E-state index contributed by atoms with van der Waals surface area (Å²) in [7, 11) is -5.01. The van der Waals surface area contributed by atoms with Crippen molar-refractivity contribution in [2.75, 3.05) is 11.8 Å². The van der Waals surface area contributed by atoms with Crippen LogP contribution in [-0.4, -0.2) is 38.9 Å². The molecule has 8 heteroatoms. The minimum absolute atomic E-state index is 0.0115. The monoisotopic (exact) mass is 266 g/mol. The molecule has 0 saturated heterocycles. The Morgan fingerprint density at radius 2 is 1.73 bits per heavy atom. The maximum absolute atomic E-state index is 11.9. The van der Waals surface area contributed by atoms with Gasteiger partial charge in [0.1, 0.15) is 5.88 Å². The van der Waals surface area contributed by atoms with E-state index in [2.05, 4.69) is 5.87 Å². The normalized spacial score (nSPS) is 30.4. The van der Waals surface area contributed by atoms with E-state index in [9.17, 15) is 12.6 Å². The third kappa shape index (κ3) is 2.01. The smallest absolute Gasteiger partial charge is 0.253 e. The average molecular weight is 266 g/mol. The van der Waals surface area contributed by atoms with Crippen molar-refractivity contribution in [1.82, 2.24) is 8.61 Å². The van der Waals surface area contributed by atoms with Crippen molar-refractivity contribution < 1.29 is 12.6 Å². The Morgan fingerprint density at radius 1 is 1.13 bits per heavy atom. The second-order valence-corrected chi connectivity index (χ2v) is 7.76. The van der Waals surface area contributed by atoms with Gasteiger partial charge in [-0.2, -0.15) is 8.42 Å². The molecule has 0 bridgehead atoms. The molecule has 0 aromatic carbocycles. The van der Waals surface area contributed by atoms with Crippen molar-refractivity contribution in [2.45, 2.75) is 0 Å². The molecule has 0 spiro atoms.